The van der Waals surface area contributed by atoms with Crippen LogP contribution in [0.4, 0.5) is 17.6 Å². The van der Waals surface area contributed by atoms with Gasteiger partial charge in [0.25, 0.3) is 0 Å². The van der Waals surface area contributed by atoms with Crippen LogP contribution in [0.15, 0.2) is 30.3 Å². The first-order chi connectivity index (χ1) is 16.0. The van der Waals surface area contributed by atoms with E-state index in [0.717, 1.165) is 48.3 Å². The summed E-state index contributed by atoms with van der Waals surface area (Å²) < 4.78 is 55.3. The molecule has 0 heterocycles. The van der Waals surface area contributed by atoms with E-state index in [9.17, 15) is 17.6 Å². The summed E-state index contributed by atoms with van der Waals surface area (Å²) in [7, 11) is 0. The summed E-state index contributed by atoms with van der Waals surface area (Å²) in [5, 5.41) is 0. The van der Waals surface area contributed by atoms with Crippen molar-refractivity contribution in [3.05, 3.63) is 59.2 Å². The SMILES string of the molecule is CCCCCCCC1CCC2CC(c3ccc(-c4cc(F)c(F)c(F)c4)c(F)c3)CCC2C1. The molecule has 2 aliphatic carbocycles. The highest BCUT2D eigenvalue weighted by Gasteiger charge is 2.36. The van der Waals surface area contributed by atoms with E-state index in [-0.39, 0.29) is 11.1 Å². The van der Waals surface area contributed by atoms with Crippen LogP contribution in [-0.2, 0) is 0 Å². The molecule has 4 unspecified atom stereocenters. The van der Waals surface area contributed by atoms with Crippen molar-refractivity contribution in [1.29, 1.82) is 0 Å². The molecule has 4 rings (SSSR count). The molecule has 2 aliphatic rings. The maximum Gasteiger partial charge on any atom is 0.194 e. The number of hydrogen-bond acceptors (Lipinski definition) is 0. The van der Waals surface area contributed by atoms with E-state index < -0.39 is 23.3 Å². The highest BCUT2D eigenvalue weighted by atomic mass is 19.2. The number of unbranched alkanes of at least 4 members (excludes halogenated alkanes) is 4. The second kappa shape index (κ2) is 11.1. The third-order valence-electron chi connectivity index (χ3n) is 8.20. The standard InChI is InChI=1S/C29H36F4/c1-2-3-4-5-6-7-19-8-9-21-15-22(11-10-20(21)14-19)23-12-13-25(26(30)16-23)24-17-27(31)29(33)28(32)18-24/h12-13,16-22H,2-11,14-15H2,1H3. The summed E-state index contributed by atoms with van der Waals surface area (Å²) in [6.07, 6.45) is 15.5. The van der Waals surface area contributed by atoms with E-state index in [1.54, 1.807) is 6.07 Å². The minimum Gasteiger partial charge on any atom is -0.206 e. The monoisotopic (exact) mass is 460 g/mol. The van der Waals surface area contributed by atoms with E-state index in [4.69, 9.17) is 0 Å². The first kappa shape index (κ1) is 24.3. The Morgan fingerprint density at radius 3 is 2.15 bits per heavy atom. The Bertz CT molecular complexity index is 914. The molecular weight excluding hydrogens is 424 g/mol. The van der Waals surface area contributed by atoms with Crippen molar-refractivity contribution in [1.82, 2.24) is 0 Å². The van der Waals surface area contributed by atoms with Gasteiger partial charge in [-0.1, -0.05) is 64.0 Å². The Kier molecular flexibility index (Phi) is 8.14. The van der Waals surface area contributed by atoms with Crippen LogP contribution in [0, 0.1) is 41.0 Å². The zero-order valence-electron chi connectivity index (χ0n) is 19.7. The molecule has 0 bridgehead atoms. The van der Waals surface area contributed by atoms with Crippen LogP contribution in [0.3, 0.4) is 0 Å². The van der Waals surface area contributed by atoms with Crippen LogP contribution in [0.1, 0.15) is 95.5 Å². The number of benzene rings is 2. The maximum absolute atomic E-state index is 14.9. The van der Waals surface area contributed by atoms with Crippen molar-refractivity contribution in [3.63, 3.8) is 0 Å². The van der Waals surface area contributed by atoms with Gasteiger partial charge in [-0.2, -0.15) is 0 Å². The van der Waals surface area contributed by atoms with Crippen LogP contribution in [-0.4, -0.2) is 0 Å². The van der Waals surface area contributed by atoms with Gasteiger partial charge in [0.2, 0.25) is 0 Å². The predicted octanol–water partition coefficient (Wildman–Crippen LogP) is 9.57. The molecule has 2 aromatic carbocycles. The number of halogens is 4. The summed E-state index contributed by atoms with van der Waals surface area (Å²) >= 11 is 0. The second-order valence-corrected chi connectivity index (χ2v) is 10.4. The van der Waals surface area contributed by atoms with E-state index in [1.807, 2.05) is 6.07 Å². The second-order valence-electron chi connectivity index (χ2n) is 10.4. The summed E-state index contributed by atoms with van der Waals surface area (Å²) in [4.78, 5) is 0. The fraction of sp³-hybridized carbons (Fsp3) is 0.586. The van der Waals surface area contributed by atoms with Crippen LogP contribution in [0.2, 0.25) is 0 Å². The smallest absolute Gasteiger partial charge is 0.194 e. The number of fused-ring (bicyclic) bond motifs is 1. The minimum absolute atomic E-state index is 0.0205. The molecule has 0 aliphatic heterocycles. The molecule has 2 aromatic rings. The van der Waals surface area contributed by atoms with Crippen LogP contribution in [0.5, 0.6) is 0 Å². The molecule has 0 radical (unpaired) electrons. The molecule has 0 N–H and O–H groups in total. The quantitative estimate of drug-likeness (QED) is 0.209. The molecule has 2 saturated carbocycles. The summed E-state index contributed by atoms with van der Waals surface area (Å²) in [6.45, 7) is 2.26. The highest BCUT2D eigenvalue weighted by Crippen LogP contribution is 2.48. The summed E-state index contributed by atoms with van der Waals surface area (Å²) in [5.41, 5.74) is 1.09. The predicted molar refractivity (Wildman–Crippen MR) is 126 cm³/mol. The fourth-order valence-corrected chi connectivity index (χ4v) is 6.32. The van der Waals surface area contributed by atoms with Crippen molar-refractivity contribution in [2.45, 2.75) is 89.9 Å². The average Bonchev–Trinajstić information content (AvgIpc) is 2.81. The number of hydrogen-bond donors (Lipinski definition) is 0. The lowest BCUT2D eigenvalue weighted by Gasteiger charge is -2.42. The molecule has 0 nitrogen and oxygen atoms in total. The van der Waals surface area contributed by atoms with Gasteiger partial charge >= 0.3 is 0 Å². The minimum atomic E-state index is -1.53. The molecule has 2 fully saturated rings. The summed E-state index contributed by atoms with van der Waals surface area (Å²) in [5.74, 6) is -1.88. The lowest BCUT2D eigenvalue weighted by Crippen LogP contribution is -2.30. The van der Waals surface area contributed by atoms with Crippen molar-refractivity contribution < 1.29 is 17.6 Å². The van der Waals surface area contributed by atoms with Crippen LogP contribution in [0.25, 0.3) is 11.1 Å². The molecule has 4 heteroatoms. The third-order valence-corrected chi connectivity index (χ3v) is 8.20. The lowest BCUT2D eigenvalue weighted by molar-refractivity contribution is 0.113. The van der Waals surface area contributed by atoms with Crippen molar-refractivity contribution in [2.75, 3.05) is 0 Å². The molecule has 0 spiro atoms. The van der Waals surface area contributed by atoms with Crippen molar-refractivity contribution in [3.8, 4) is 11.1 Å². The van der Waals surface area contributed by atoms with E-state index in [0.29, 0.717) is 5.92 Å². The van der Waals surface area contributed by atoms with Gasteiger partial charge in [0.05, 0.1) is 0 Å². The fourth-order valence-electron chi connectivity index (χ4n) is 6.32. The average molecular weight is 461 g/mol. The first-order valence-corrected chi connectivity index (χ1v) is 12.9. The topological polar surface area (TPSA) is 0 Å². The molecule has 0 amide bonds. The zero-order valence-corrected chi connectivity index (χ0v) is 19.7. The Morgan fingerprint density at radius 2 is 1.42 bits per heavy atom. The van der Waals surface area contributed by atoms with Gasteiger partial charge in [-0.3, -0.25) is 0 Å². The molecule has 33 heavy (non-hydrogen) atoms. The van der Waals surface area contributed by atoms with Gasteiger partial charge < -0.3 is 0 Å². The molecule has 180 valence electrons. The summed E-state index contributed by atoms with van der Waals surface area (Å²) in [6, 6.07) is 6.68. The lowest BCUT2D eigenvalue weighted by atomic mass is 9.63. The number of rotatable bonds is 8. The van der Waals surface area contributed by atoms with Crippen molar-refractivity contribution in [2.24, 2.45) is 17.8 Å². The Balaban J connectivity index is 1.35. The molecule has 0 aromatic heterocycles. The zero-order chi connectivity index (χ0) is 23.4. The molecule has 0 saturated heterocycles. The molecule has 4 atom stereocenters. The maximum atomic E-state index is 14.9. The van der Waals surface area contributed by atoms with Gasteiger partial charge in [0.15, 0.2) is 17.5 Å². The normalized spacial score (nSPS) is 25.1. The largest absolute Gasteiger partial charge is 0.206 e. The van der Waals surface area contributed by atoms with Gasteiger partial charge in [-0.25, -0.2) is 17.6 Å². The van der Waals surface area contributed by atoms with Gasteiger partial charge in [-0.15, -0.1) is 0 Å². The third kappa shape index (κ3) is 5.81. The van der Waals surface area contributed by atoms with E-state index in [1.165, 1.54) is 70.3 Å². The van der Waals surface area contributed by atoms with Gasteiger partial charge in [0.1, 0.15) is 5.82 Å². The van der Waals surface area contributed by atoms with Gasteiger partial charge in [-0.05, 0) is 85.1 Å². The van der Waals surface area contributed by atoms with Crippen LogP contribution >= 0.6 is 0 Å². The van der Waals surface area contributed by atoms with Crippen LogP contribution < -0.4 is 0 Å². The Labute approximate surface area is 195 Å². The molecular formula is C29H36F4. The first-order valence-electron chi connectivity index (χ1n) is 12.9. The Hall–Kier alpha value is -1.84. The van der Waals surface area contributed by atoms with Crippen molar-refractivity contribution >= 4 is 0 Å². The van der Waals surface area contributed by atoms with E-state index >= 15 is 0 Å². The highest BCUT2D eigenvalue weighted by molar-refractivity contribution is 5.65. The Morgan fingerprint density at radius 1 is 0.727 bits per heavy atom. The van der Waals surface area contributed by atoms with E-state index in [2.05, 4.69) is 6.92 Å². The van der Waals surface area contributed by atoms with Gasteiger partial charge in [0, 0.05) is 5.56 Å².